The second-order valence-electron chi connectivity index (χ2n) is 7.61. The molecule has 3 heterocycles. The van der Waals surface area contributed by atoms with Gasteiger partial charge >= 0.3 is 0 Å². The van der Waals surface area contributed by atoms with Gasteiger partial charge in [0.15, 0.2) is 20.4 Å². The summed E-state index contributed by atoms with van der Waals surface area (Å²) in [4.78, 5) is 25.1. The molecule has 34 heavy (non-hydrogen) atoms. The fraction of sp³-hybridized carbons (Fsp3) is 0.238. The average molecular weight is 522 g/mol. The van der Waals surface area contributed by atoms with E-state index in [4.69, 9.17) is 22.1 Å². The quantitative estimate of drug-likeness (QED) is 0.359. The highest BCUT2D eigenvalue weighted by molar-refractivity contribution is 7.89. The molecule has 0 bridgehead atoms. The van der Waals surface area contributed by atoms with Crippen molar-refractivity contribution in [3.8, 4) is 16.6 Å². The molecule has 4 rings (SSSR count). The summed E-state index contributed by atoms with van der Waals surface area (Å²) >= 11 is 7.35. The van der Waals surface area contributed by atoms with Crippen LogP contribution in [0, 0.1) is 0 Å². The Morgan fingerprint density at radius 2 is 2.09 bits per heavy atom. The van der Waals surface area contributed by atoms with E-state index < -0.39 is 21.8 Å². The van der Waals surface area contributed by atoms with Gasteiger partial charge in [0.25, 0.3) is 5.91 Å². The van der Waals surface area contributed by atoms with Crippen molar-refractivity contribution in [3.05, 3.63) is 63.5 Å². The summed E-state index contributed by atoms with van der Waals surface area (Å²) in [5.41, 5.74) is 8.22. The normalized spacial score (nSPS) is 12.7. The number of imidazole rings is 1. The number of aliphatic hydroxyl groups is 1. The molecule has 178 valence electrons. The third-order valence-electron chi connectivity index (χ3n) is 4.87. The van der Waals surface area contributed by atoms with Gasteiger partial charge in [-0.05, 0) is 18.6 Å². The molecule has 3 N–H and O–H groups in total. The van der Waals surface area contributed by atoms with Crippen molar-refractivity contribution in [1.82, 2.24) is 19.4 Å². The molecule has 0 aliphatic heterocycles. The van der Waals surface area contributed by atoms with E-state index in [-0.39, 0.29) is 23.1 Å². The van der Waals surface area contributed by atoms with Crippen molar-refractivity contribution in [2.24, 2.45) is 5.73 Å². The van der Waals surface area contributed by atoms with Crippen molar-refractivity contribution < 1.29 is 23.1 Å². The molecule has 13 heteroatoms. The summed E-state index contributed by atoms with van der Waals surface area (Å²) < 4.78 is 30.9. The number of hydrogen-bond acceptors (Lipinski definition) is 9. The summed E-state index contributed by atoms with van der Waals surface area (Å²) in [7, 11) is -3.28. The van der Waals surface area contributed by atoms with Crippen LogP contribution in [0.5, 0.6) is 5.88 Å². The first-order valence-corrected chi connectivity index (χ1v) is 13.2. The van der Waals surface area contributed by atoms with E-state index in [1.54, 1.807) is 41.9 Å². The highest BCUT2D eigenvalue weighted by Crippen LogP contribution is 2.36. The van der Waals surface area contributed by atoms with Gasteiger partial charge in [-0.2, -0.15) is 4.98 Å². The predicted octanol–water partition coefficient (Wildman–Crippen LogP) is 2.78. The van der Waals surface area contributed by atoms with Gasteiger partial charge in [0.1, 0.15) is 16.8 Å². The highest BCUT2D eigenvalue weighted by atomic mass is 35.5. The SMILES string of the molecule is CC(Oc1nc(-c2cnc3cnc(CS(C)(=O)=O)cn23)sc1C(N)=O)c1ccc(CO)cc1Cl. The minimum absolute atomic E-state index is 0.0441. The van der Waals surface area contributed by atoms with Crippen LogP contribution in [-0.4, -0.2) is 45.0 Å². The van der Waals surface area contributed by atoms with E-state index in [0.717, 1.165) is 17.6 Å². The molecule has 1 amide bonds. The van der Waals surface area contributed by atoms with Crippen LogP contribution >= 0.6 is 22.9 Å². The minimum atomic E-state index is -3.28. The number of primary amides is 1. The number of sulfone groups is 1. The smallest absolute Gasteiger partial charge is 0.264 e. The second kappa shape index (κ2) is 9.29. The van der Waals surface area contributed by atoms with Crippen molar-refractivity contribution >= 4 is 44.3 Å². The molecule has 3 aromatic heterocycles. The Labute approximate surface area is 203 Å². The number of aliphatic hydroxyl groups excluding tert-OH is 1. The number of rotatable bonds is 8. The molecule has 0 saturated carbocycles. The van der Waals surface area contributed by atoms with Crippen molar-refractivity contribution in [3.63, 3.8) is 0 Å². The van der Waals surface area contributed by atoms with Crippen LogP contribution in [0.25, 0.3) is 16.3 Å². The lowest BCUT2D eigenvalue weighted by atomic mass is 10.1. The van der Waals surface area contributed by atoms with E-state index in [1.165, 1.54) is 6.20 Å². The third-order valence-corrected chi connectivity index (χ3v) is 7.09. The molecule has 0 aliphatic rings. The molecule has 10 nitrogen and oxygen atoms in total. The number of carbonyl (C=O) groups is 1. The highest BCUT2D eigenvalue weighted by Gasteiger charge is 2.23. The van der Waals surface area contributed by atoms with Crippen LogP contribution in [0.2, 0.25) is 5.02 Å². The Morgan fingerprint density at radius 1 is 1.32 bits per heavy atom. The first-order chi connectivity index (χ1) is 16.1. The first kappa shape index (κ1) is 24.1. The fourth-order valence-electron chi connectivity index (χ4n) is 3.31. The lowest BCUT2D eigenvalue weighted by Gasteiger charge is -2.15. The van der Waals surface area contributed by atoms with Gasteiger partial charge in [0.2, 0.25) is 5.88 Å². The molecule has 4 aromatic rings. The second-order valence-corrected chi connectivity index (χ2v) is 11.2. The molecular formula is C21H20ClN5O5S2. The number of nitrogens with two attached hydrogens (primary N) is 1. The molecule has 1 atom stereocenters. The largest absolute Gasteiger partial charge is 0.469 e. The van der Waals surface area contributed by atoms with Crippen LogP contribution in [0.15, 0.2) is 36.8 Å². The van der Waals surface area contributed by atoms with E-state index in [2.05, 4.69) is 15.0 Å². The molecule has 1 unspecified atom stereocenters. The third kappa shape index (κ3) is 5.04. The number of fused-ring (bicyclic) bond motifs is 1. The number of amides is 1. The van der Waals surface area contributed by atoms with Gasteiger partial charge in [-0.25, -0.2) is 13.4 Å². The molecular weight excluding hydrogens is 502 g/mol. The van der Waals surface area contributed by atoms with E-state index in [0.29, 0.717) is 38.2 Å². The minimum Gasteiger partial charge on any atom is -0.469 e. The zero-order valence-electron chi connectivity index (χ0n) is 18.1. The molecule has 1 aromatic carbocycles. The van der Waals surface area contributed by atoms with Gasteiger partial charge < -0.3 is 15.6 Å². The number of carbonyl (C=O) groups excluding carboxylic acids is 1. The van der Waals surface area contributed by atoms with Gasteiger partial charge in [0.05, 0.1) is 30.4 Å². The number of ether oxygens (including phenoxy) is 1. The standard InChI is InChI=1S/C21H20ClN5O5S2/c1-11(14-4-3-12(9-28)5-15(14)22)32-20-18(19(23)29)33-21(26-20)16-6-25-17-7-24-13(8-27(16)17)10-34(2,30)31/h3-8,11,28H,9-10H2,1-2H3,(H2,23,29). The van der Waals surface area contributed by atoms with E-state index in [1.807, 2.05) is 0 Å². The zero-order chi connectivity index (χ0) is 24.6. The Hall–Kier alpha value is -3.06. The van der Waals surface area contributed by atoms with Crippen molar-refractivity contribution in [2.45, 2.75) is 25.4 Å². The number of halogens is 1. The molecule has 0 spiro atoms. The number of aromatic nitrogens is 4. The summed E-state index contributed by atoms with van der Waals surface area (Å²) in [5, 5.41) is 10.1. The molecule has 0 aliphatic carbocycles. The average Bonchev–Trinajstić information content (AvgIpc) is 3.36. The zero-order valence-corrected chi connectivity index (χ0v) is 20.5. The van der Waals surface area contributed by atoms with Crippen LogP contribution in [0.3, 0.4) is 0 Å². The van der Waals surface area contributed by atoms with Gasteiger partial charge in [-0.1, -0.05) is 23.7 Å². The summed E-state index contributed by atoms with van der Waals surface area (Å²) in [6.45, 7) is 1.61. The van der Waals surface area contributed by atoms with Crippen LogP contribution in [-0.2, 0) is 22.2 Å². The van der Waals surface area contributed by atoms with Gasteiger partial charge in [-0.15, -0.1) is 11.3 Å². The Morgan fingerprint density at radius 3 is 2.74 bits per heavy atom. The van der Waals surface area contributed by atoms with E-state index >= 15 is 0 Å². The van der Waals surface area contributed by atoms with Crippen LogP contribution < -0.4 is 10.5 Å². The number of thiazole rings is 1. The van der Waals surface area contributed by atoms with Crippen molar-refractivity contribution in [2.75, 3.05) is 6.26 Å². The topological polar surface area (TPSA) is 150 Å². The number of benzene rings is 1. The van der Waals surface area contributed by atoms with Crippen LogP contribution in [0.4, 0.5) is 0 Å². The molecule has 0 fully saturated rings. The number of nitrogens with zero attached hydrogens (tertiary/aromatic N) is 4. The Balaban J connectivity index is 1.71. The maximum atomic E-state index is 12.1. The van der Waals surface area contributed by atoms with Crippen molar-refractivity contribution in [1.29, 1.82) is 0 Å². The van der Waals surface area contributed by atoms with Crippen LogP contribution in [0.1, 0.15) is 39.5 Å². The summed E-state index contributed by atoms with van der Waals surface area (Å²) in [6, 6.07) is 5.10. The first-order valence-electron chi connectivity index (χ1n) is 9.92. The Kier molecular flexibility index (Phi) is 6.58. The lowest BCUT2D eigenvalue weighted by Crippen LogP contribution is -2.12. The van der Waals surface area contributed by atoms with Gasteiger partial charge in [0, 0.05) is 23.0 Å². The van der Waals surface area contributed by atoms with Gasteiger partial charge in [-0.3, -0.25) is 14.2 Å². The fourth-order valence-corrected chi connectivity index (χ4v) is 5.21. The molecule has 0 radical (unpaired) electrons. The lowest BCUT2D eigenvalue weighted by molar-refractivity contribution is 0.0997. The number of hydrogen-bond donors (Lipinski definition) is 2. The van der Waals surface area contributed by atoms with E-state index in [9.17, 15) is 18.3 Å². The monoisotopic (exact) mass is 521 g/mol. The summed E-state index contributed by atoms with van der Waals surface area (Å²) in [5.74, 6) is -0.893. The summed E-state index contributed by atoms with van der Waals surface area (Å²) in [6.07, 6.45) is 5.13. The maximum absolute atomic E-state index is 12.1. The molecule has 0 saturated heterocycles. The maximum Gasteiger partial charge on any atom is 0.264 e. The predicted molar refractivity (Wildman–Crippen MR) is 128 cm³/mol. The Bertz CT molecular complexity index is 1500.